The maximum absolute atomic E-state index is 10.3. The third-order valence-electron chi connectivity index (χ3n) is 2.10. The van der Waals surface area contributed by atoms with E-state index in [1.807, 2.05) is 6.92 Å². The van der Waals surface area contributed by atoms with Gasteiger partial charge in [-0.2, -0.15) is 0 Å². The van der Waals surface area contributed by atoms with E-state index >= 15 is 0 Å². The number of carboxylic acids is 1. The highest BCUT2D eigenvalue weighted by molar-refractivity contribution is 5.66. The van der Waals surface area contributed by atoms with Crippen molar-refractivity contribution in [1.29, 1.82) is 0 Å². The average Bonchev–Trinajstić information content (AvgIpc) is 2.67. The Balaban J connectivity index is 2.06. The van der Waals surface area contributed by atoms with Gasteiger partial charge in [-0.3, -0.25) is 9.48 Å². The molecule has 84 valence electrons. The first-order valence-corrected chi connectivity index (χ1v) is 4.98. The largest absolute Gasteiger partial charge is 0.481 e. The maximum atomic E-state index is 10.3. The number of rotatable bonds is 7. The van der Waals surface area contributed by atoms with Crippen LogP contribution < -0.4 is 5.32 Å². The second-order valence-electron chi connectivity index (χ2n) is 3.45. The quantitative estimate of drug-likeness (QED) is 0.671. The molecule has 0 fully saturated rings. The van der Waals surface area contributed by atoms with Crippen molar-refractivity contribution < 1.29 is 9.90 Å². The Hall–Kier alpha value is -1.43. The standard InChI is InChI=1S/C9H16N4O2/c1-8(2-3-9(14)15)10-4-6-13-7-5-11-12-13/h5,7-8,10H,2-4,6H2,1H3,(H,14,15). The van der Waals surface area contributed by atoms with E-state index in [1.54, 1.807) is 17.1 Å². The molecule has 0 aliphatic heterocycles. The Morgan fingerprint density at radius 2 is 2.47 bits per heavy atom. The first-order valence-electron chi connectivity index (χ1n) is 4.98. The van der Waals surface area contributed by atoms with Crippen LogP contribution in [-0.2, 0) is 11.3 Å². The molecule has 0 saturated carbocycles. The molecule has 1 atom stereocenters. The molecule has 15 heavy (non-hydrogen) atoms. The number of aliphatic carboxylic acids is 1. The van der Waals surface area contributed by atoms with E-state index in [-0.39, 0.29) is 12.5 Å². The summed E-state index contributed by atoms with van der Waals surface area (Å²) < 4.78 is 1.73. The minimum Gasteiger partial charge on any atom is -0.481 e. The summed E-state index contributed by atoms with van der Waals surface area (Å²) in [7, 11) is 0. The van der Waals surface area contributed by atoms with Gasteiger partial charge in [-0.15, -0.1) is 5.10 Å². The van der Waals surface area contributed by atoms with Crippen molar-refractivity contribution in [2.45, 2.75) is 32.4 Å². The molecule has 1 aromatic heterocycles. The van der Waals surface area contributed by atoms with Gasteiger partial charge in [-0.1, -0.05) is 5.21 Å². The molecule has 0 aliphatic rings. The van der Waals surface area contributed by atoms with Crippen LogP contribution in [0.15, 0.2) is 12.4 Å². The molecule has 1 aromatic rings. The second-order valence-corrected chi connectivity index (χ2v) is 3.45. The molecule has 0 aliphatic carbocycles. The molecular weight excluding hydrogens is 196 g/mol. The lowest BCUT2D eigenvalue weighted by atomic mass is 10.2. The van der Waals surface area contributed by atoms with E-state index in [0.717, 1.165) is 13.1 Å². The Labute approximate surface area is 88.3 Å². The number of nitrogens with one attached hydrogen (secondary N) is 1. The molecular formula is C9H16N4O2. The zero-order chi connectivity index (χ0) is 11.1. The number of aromatic nitrogens is 3. The van der Waals surface area contributed by atoms with Gasteiger partial charge in [0.25, 0.3) is 0 Å². The number of hydrogen-bond donors (Lipinski definition) is 2. The minimum atomic E-state index is -0.750. The topological polar surface area (TPSA) is 80.0 Å². The van der Waals surface area contributed by atoms with Gasteiger partial charge >= 0.3 is 5.97 Å². The van der Waals surface area contributed by atoms with Crippen LogP contribution >= 0.6 is 0 Å². The van der Waals surface area contributed by atoms with Crippen LogP contribution in [0.3, 0.4) is 0 Å². The molecule has 0 radical (unpaired) electrons. The summed E-state index contributed by atoms with van der Waals surface area (Å²) >= 11 is 0. The molecule has 0 saturated heterocycles. The Morgan fingerprint density at radius 3 is 3.07 bits per heavy atom. The minimum absolute atomic E-state index is 0.206. The monoisotopic (exact) mass is 212 g/mol. The summed E-state index contributed by atoms with van der Waals surface area (Å²) in [5, 5.41) is 19.2. The van der Waals surface area contributed by atoms with Crippen LogP contribution in [0.25, 0.3) is 0 Å². The number of carboxylic acid groups (broad SMARTS) is 1. The lowest BCUT2D eigenvalue weighted by molar-refractivity contribution is -0.137. The maximum Gasteiger partial charge on any atom is 0.303 e. The van der Waals surface area contributed by atoms with E-state index < -0.39 is 5.97 Å². The van der Waals surface area contributed by atoms with Gasteiger partial charge in [0.2, 0.25) is 0 Å². The summed E-state index contributed by atoms with van der Waals surface area (Å²) in [6, 6.07) is 0.213. The SMILES string of the molecule is CC(CCC(=O)O)NCCn1ccnn1. The zero-order valence-corrected chi connectivity index (χ0v) is 8.76. The van der Waals surface area contributed by atoms with Gasteiger partial charge in [0.15, 0.2) is 0 Å². The summed E-state index contributed by atoms with van der Waals surface area (Å²) in [6.07, 6.45) is 4.28. The van der Waals surface area contributed by atoms with Gasteiger partial charge in [-0.25, -0.2) is 0 Å². The first-order chi connectivity index (χ1) is 7.18. The van der Waals surface area contributed by atoms with Crippen LogP contribution in [0.1, 0.15) is 19.8 Å². The average molecular weight is 212 g/mol. The Bertz CT molecular complexity index is 286. The molecule has 0 bridgehead atoms. The van der Waals surface area contributed by atoms with E-state index in [9.17, 15) is 4.79 Å². The molecule has 1 rings (SSSR count). The van der Waals surface area contributed by atoms with Crippen molar-refractivity contribution in [1.82, 2.24) is 20.3 Å². The molecule has 2 N–H and O–H groups in total. The number of hydrogen-bond acceptors (Lipinski definition) is 4. The Morgan fingerprint density at radius 1 is 1.67 bits per heavy atom. The van der Waals surface area contributed by atoms with Gasteiger partial charge in [0.1, 0.15) is 0 Å². The molecule has 1 unspecified atom stereocenters. The Kier molecular flexibility index (Phi) is 4.76. The zero-order valence-electron chi connectivity index (χ0n) is 8.76. The summed E-state index contributed by atoms with van der Waals surface area (Å²) in [5.74, 6) is -0.750. The van der Waals surface area contributed by atoms with Gasteiger partial charge in [0.05, 0.1) is 12.7 Å². The summed E-state index contributed by atoms with van der Waals surface area (Å²) in [5.41, 5.74) is 0. The van der Waals surface area contributed by atoms with Crippen molar-refractivity contribution in [2.75, 3.05) is 6.54 Å². The third-order valence-corrected chi connectivity index (χ3v) is 2.10. The fourth-order valence-corrected chi connectivity index (χ4v) is 1.22. The summed E-state index contributed by atoms with van der Waals surface area (Å²) in [4.78, 5) is 10.3. The van der Waals surface area contributed by atoms with E-state index in [2.05, 4.69) is 15.6 Å². The lowest BCUT2D eigenvalue weighted by Crippen LogP contribution is -2.30. The van der Waals surface area contributed by atoms with Crippen LogP contribution in [0.2, 0.25) is 0 Å². The van der Waals surface area contributed by atoms with Crippen LogP contribution in [0.4, 0.5) is 0 Å². The van der Waals surface area contributed by atoms with Gasteiger partial charge in [0, 0.05) is 25.2 Å². The smallest absolute Gasteiger partial charge is 0.303 e. The highest BCUT2D eigenvalue weighted by Crippen LogP contribution is 1.95. The highest BCUT2D eigenvalue weighted by Gasteiger charge is 2.04. The molecule has 6 heteroatoms. The van der Waals surface area contributed by atoms with Crippen LogP contribution in [0.5, 0.6) is 0 Å². The molecule has 0 amide bonds. The molecule has 0 spiro atoms. The third kappa shape index (κ3) is 5.11. The van der Waals surface area contributed by atoms with Crippen molar-refractivity contribution in [2.24, 2.45) is 0 Å². The van der Waals surface area contributed by atoms with Crippen molar-refractivity contribution >= 4 is 5.97 Å². The fourth-order valence-electron chi connectivity index (χ4n) is 1.22. The number of nitrogens with zero attached hydrogens (tertiary/aromatic N) is 3. The van der Waals surface area contributed by atoms with Crippen LogP contribution in [-0.4, -0.2) is 38.7 Å². The normalized spacial score (nSPS) is 12.6. The fraction of sp³-hybridized carbons (Fsp3) is 0.667. The summed E-state index contributed by atoms with van der Waals surface area (Å²) in [6.45, 7) is 3.49. The lowest BCUT2D eigenvalue weighted by Gasteiger charge is -2.11. The highest BCUT2D eigenvalue weighted by atomic mass is 16.4. The van der Waals surface area contributed by atoms with Crippen molar-refractivity contribution in [3.05, 3.63) is 12.4 Å². The number of carbonyl (C=O) groups is 1. The first kappa shape index (κ1) is 11.6. The van der Waals surface area contributed by atoms with E-state index in [1.165, 1.54) is 0 Å². The predicted octanol–water partition coefficient (Wildman–Crippen LogP) is 0.121. The van der Waals surface area contributed by atoms with Gasteiger partial charge < -0.3 is 10.4 Å². The van der Waals surface area contributed by atoms with E-state index in [0.29, 0.717) is 6.42 Å². The van der Waals surface area contributed by atoms with Gasteiger partial charge in [-0.05, 0) is 13.3 Å². The molecule has 6 nitrogen and oxygen atoms in total. The van der Waals surface area contributed by atoms with Crippen molar-refractivity contribution in [3.8, 4) is 0 Å². The predicted molar refractivity (Wildman–Crippen MR) is 54.4 cm³/mol. The molecule has 0 aromatic carbocycles. The molecule has 1 heterocycles. The van der Waals surface area contributed by atoms with Crippen LogP contribution in [0, 0.1) is 0 Å². The second kappa shape index (κ2) is 6.13. The van der Waals surface area contributed by atoms with Crippen molar-refractivity contribution in [3.63, 3.8) is 0 Å². The van der Waals surface area contributed by atoms with E-state index in [4.69, 9.17) is 5.11 Å².